The van der Waals surface area contributed by atoms with Crippen molar-refractivity contribution < 1.29 is 15.7 Å². The van der Waals surface area contributed by atoms with Crippen molar-refractivity contribution in [2.75, 3.05) is 0 Å². The number of allylic oxidation sites excluding steroid dienone is 2. The Hall–Kier alpha value is -0.781. The van der Waals surface area contributed by atoms with Crippen LogP contribution in [0.25, 0.3) is 0 Å². The van der Waals surface area contributed by atoms with Crippen LogP contribution in [0.1, 0.15) is 55.4 Å². The van der Waals surface area contributed by atoms with Gasteiger partial charge in [-0.1, -0.05) is 0 Å². The molecular weight excluding hydrogens is 399 g/mol. The van der Waals surface area contributed by atoms with E-state index >= 15 is 0 Å². The van der Waals surface area contributed by atoms with Gasteiger partial charge in [-0.25, -0.2) is 0 Å². The molecule has 0 bridgehead atoms. The average molecular weight is 431 g/mol. The molecule has 0 radical (unpaired) electrons. The van der Waals surface area contributed by atoms with Gasteiger partial charge in [-0.3, -0.25) is 0 Å². The van der Waals surface area contributed by atoms with Crippen LogP contribution in [0.2, 0.25) is 8.87 Å². The summed E-state index contributed by atoms with van der Waals surface area (Å²) in [5.74, 6) is -0.671. The summed E-state index contributed by atoms with van der Waals surface area (Å²) < 4.78 is 12.7. The molecule has 0 aromatic rings. The third-order valence-electron chi connectivity index (χ3n) is 2.92. The Labute approximate surface area is 146 Å². The predicted molar refractivity (Wildman–Crippen MR) is 96.1 cm³/mol. The fraction of sp³-hybridized carbons (Fsp3) is 0.667. The Bertz CT molecular complexity index is 446. The second kappa shape index (κ2) is 7.86. The van der Waals surface area contributed by atoms with E-state index in [1.165, 1.54) is 0 Å². The van der Waals surface area contributed by atoms with Gasteiger partial charge in [0.2, 0.25) is 0 Å². The van der Waals surface area contributed by atoms with Crippen LogP contribution in [0.15, 0.2) is 24.3 Å². The summed E-state index contributed by atoms with van der Waals surface area (Å²) in [5.41, 5.74) is 0.400. The molecule has 0 aromatic heterocycles. The molecule has 0 unspecified atom stereocenters. The molecule has 0 aliphatic rings. The van der Waals surface area contributed by atoms with Crippen LogP contribution >= 0.6 is 0 Å². The second-order valence-electron chi connectivity index (χ2n) is 8.46. The summed E-state index contributed by atoms with van der Waals surface area (Å²) in [6.07, 6.45) is 0. The van der Waals surface area contributed by atoms with E-state index in [1.54, 1.807) is 41.5 Å². The van der Waals surface area contributed by atoms with Crippen LogP contribution in [-0.4, -0.2) is 31.1 Å². The van der Waals surface area contributed by atoms with E-state index in [9.17, 15) is 9.59 Å². The summed E-state index contributed by atoms with van der Waals surface area (Å²) in [4.78, 5) is 24.9. The van der Waals surface area contributed by atoms with Gasteiger partial charge in [-0.05, 0) is 0 Å². The number of carbonyl (C=O) groups is 2. The van der Waals surface area contributed by atoms with Gasteiger partial charge in [0.05, 0.1) is 0 Å². The van der Waals surface area contributed by atoms with Crippen LogP contribution in [0, 0.1) is 10.8 Å². The van der Waals surface area contributed by atoms with E-state index in [4.69, 9.17) is 6.15 Å². The van der Waals surface area contributed by atoms with Gasteiger partial charge in [0, 0.05) is 0 Å². The minimum atomic E-state index is -4.07. The van der Waals surface area contributed by atoms with Crippen molar-refractivity contribution in [2.45, 2.75) is 64.3 Å². The minimum absolute atomic E-state index is 0.336. The van der Waals surface area contributed by atoms with Crippen molar-refractivity contribution in [3.63, 3.8) is 0 Å². The van der Waals surface area contributed by atoms with Gasteiger partial charge in [-0.15, -0.1) is 0 Å². The second-order valence-corrected chi connectivity index (χ2v) is 16.8. The first-order valence-electron chi connectivity index (χ1n) is 7.85. The number of rotatable bonds is 6. The van der Waals surface area contributed by atoms with E-state index in [0.29, 0.717) is 8.87 Å². The molecule has 0 aliphatic carbocycles. The SMILES string of the molecule is C=C(C)[CH2][Sn]([CH2]C(=C)C)([O]C(=O)C(C)(C)C)[O]C(=O)C(C)(C)C. The monoisotopic (exact) mass is 432 g/mol. The zero-order chi connectivity index (χ0) is 18.6. The van der Waals surface area contributed by atoms with Crippen LogP contribution in [-0.2, 0) is 15.7 Å². The maximum absolute atomic E-state index is 12.5. The van der Waals surface area contributed by atoms with Crippen molar-refractivity contribution in [3.8, 4) is 0 Å². The van der Waals surface area contributed by atoms with E-state index < -0.39 is 30.0 Å². The number of carbonyl (C=O) groups excluding carboxylic acids is 2. The van der Waals surface area contributed by atoms with Gasteiger partial charge in [0.15, 0.2) is 0 Å². The summed E-state index contributed by atoms with van der Waals surface area (Å²) in [6, 6.07) is 0. The fourth-order valence-electron chi connectivity index (χ4n) is 1.79. The first-order chi connectivity index (χ1) is 10.1. The Balaban J connectivity index is 5.76. The van der Waals surface area contributed by atoms with Gasteiger partial charge >= 0.3 is 146 Å². The summed E-state index contributed by atoms with van der Waals surface area (Å²) in [7, 11) is 0. The van der Waals surface area contributed by atoms with Crippen molar-refractivity contribution in [1.29, 1.82) is 0 Å². The quantitative estimate of drug-likeness (QED) is 0.450. The Morgan fingerprint density at radius 1 is 0.783 bits per heavy atom. The van der Waals surface area contributed by atoms with E-state index in [1.807, 2.05) is 13.8 Å². The average Bonchev–Trinajstić information content (AvgIpc) is 2.23. The summed E-state index contributed by atoms with van der Waals surface area (Å²) >= 11 is -4.07. The molecule has 4 nitrogen and oxygen atoms in total. The molecule has 0 aliphatic heterocycles. The van der Waals surface area contributed by atoms with Gasteiger partial charge < -0.3 is 0 Å². The van der Waals surface area contributed by atoms with E-state index in [2.05, 4.69) is 13.2 Å². The Morgan fingerprint density at radius 3 is 1.22 bits per heavy atom. The molecule has 23 heavy (non-hydrogen) atoms. The summed E-state index contributed by atoms with van der Waals surface area (Å²) in [6.45, 7) is 22.3. The molecule has 0 aromatic carbocycles. The molecule has 5 heteroatoms. The van der Waals surface area contributed by atoms with Gasteiger partial charge in [0.1, 0.15) is 0 Å². The zero-order valence-corrected chi connectivity index (χ0v) is 18.8. The standard InChI is InChI=1S/2C5H10O2.2C4H7.Sn/c2*1-5(2,3)4(6)7;2*1-4(2)3;/h2*1-3H3,(H,6,7);2*1-2H2,3H3;/q;;;;+2/p-2. The molecule has 0 atom stereocenters. The molecule has 0 heterocycles. The van der Waals surface area contributed by atoms with Crippen molar-refractivity contribution >= 4 is 31.1 Å². The first-order valence-corrected chi connectivity index (χ1v) is 14.2. The normalized spacial score (nSPS) is 12.5. The molecule has 0 rings (SSSR count). The molecule has 0 saturated carbocycles. The van der Waals surface area contributed by atoms with Crippen molar-refractivity contribution in [2.24, 2.45) is 10.8 Å². The topological polar surface area (TPSA) is 52.6 Å². The van der Waals surface area contributed by atoms with Crippen LogP contribution in [0.4, 0.5) is 0 Å². The zero-order valence-electron chi connectivity index (χ0n) is 16.0. The first kappa shape index (κ1) is 22.2. The van der Waals surface area contributed by atoms with Crippen LogP contribution in [0.3, 0.4) is 0 Å². The maximum atomic E-state index is 12.5. The molecule has 0 saturated heterocycles. The molecular formula is C18H32O4Sn. The number of hydrogen-bond acceptors (Lipinski definition) is 4. The van der Waals surface area contributed by atoms with E-state index in [0.717, 1.165) is 11.1 Å². The van der Waals surface area contributed by atoms with Crippen LogP contribution < -0.4 is 0 Å². The number of hydrogen-bond donors (Lipinski definition) is 0. The molecule has 0 N–H and O–H groups in total. The van der Waals surface area contributed by atoms with Crippen molar-refractivity contribution in [3.05, 3.63) is 24.3 Å². The molecule has 0 spiro atoms. The molecule has 0 amide bonds. The molecule has 132 valence electrons. The summed E-state index contributed by atoms with van der Waals surface area (Å²) in [5, 5.41) is 0. The van der Waals surface area contributed by atoms with Gasteiger partial charge in [-0.2, -0.15) is 0 Å². The van der Waals surface area contributed by atoms with Crippen LogP contribution in [0.5, 0.6) is 0 Å². The van der Waals surface area contributed by atoms with Gasteiger partial charge in [0.25, 0.3) is 0 Å². The predicted octanol–water partition coefficient (Wildman–Crippen LogP) is 4.76. The van der Waals surface area contributed by atoms with E-state index in [-0.39, 0.29) is 11.9 Å². The fourth-order valence-corrected chi connectivity index (χ4v) is 12.0. The third kappa shape index (κ3) is 8.04. The Kier molecular flexibility index (Phi) is 7.59. The van der Waals surface area contributed by atoms with Crippen molar-refractivity contribution in [1.82, 2.24) is 0 Å². The molecule has 0 fully saturated rings. The third-order valence-corrected chi connectivity index (χ3v) is 12.6. The Morgan fingerprint density at radius 2 is 1.04 bits per heavy atom.